The topological polar surface area (TPSA) is 119 Å². The van der Waals surface area contributed by atoms with Crippen molar-refractivity contribution in [3.63, 3.8) is 0 Å². The van der Waals surface area contributed by atoms with Gasteiger partial charge in [-0.05, 0) is 10.9 Å². The minimum Gasteiger partial charge on any atom is -0.388 e. The van der Waals surface area contributed by atoms with Crippen LogP contribution in [0.1, 0.15) is 20.8 Å². The first kappa shape index (κ1) is 14.2. The van der Waals surface area contributed by atoms with Crippen molar-refractivity contribution < 1.29 is 20.1 Å². The summed E-state index contributed by atoms with van der Waals surface area (Å²) in [5.74, 6) is 0. The molecule has 1 aliphatic heterocycles. The van der Waals surface area contributed by atoms with E-state index in [2.05, 4.69) is 10.0 Å². The van der Waals surface area contributed by atoms with E-state index in [1.54, 1.807) is 0 Å². The van der Waals surface area contributed by atoms with E-state index in [-0.39, 0.29) is 6.54 Å². The Morgan fingerprint density at radius 1 is 1.18 bits per heavy atom. The van der Waals surface area contributed by atoms with Crippen LogP contribution in [0.4, 0.5) is 0 Å². The van der Waals surface area contributed by atoms with Crippen LogP contribution < -0.4 is 0 Å². The molecule has 1 saturated heterocycles. The van der Waals surface area contributed by atoms with Crippen molar-refractivity contribution in [2.45, 2.75) is 51.3 Å². The molecule has 1 heterocycles. The minimum absolute atomic E-state index is 0.0754. The second-order valence-electron chi connectivity index (χ2n) is 5.35. The van der Waals surface area contributed by atoms with Gasteiger partial charge in [0.2, 0.25) is 0 Å². The fourth-order valence-corrected chi connectivity index (χ4v) is 1.93. The summed E-state index contributed by atoms with van der Waals surface area (Å²) >= 11 is 0. The highest BCUT2D eigenvalue weighted by Crippen LogP contribution is 2.33. The average Bonchev–Trinajstić information content (AvgIpc) is 2.23. The molecule has 0 saturated carbocycles. The van der Waals surface area contributed by atoms with E-state index in [4.69, 9.17) is 10.3 Å². The van der Waals surface area contributed by atoms with Crippen molar-refractivity contribution in [3.8, 4) is 0 Å². The van der Waals surface area contributed by atoms with Crippen LogP contribution in [0.5, 0.6) is 0 Å². The second-order valence-corrected chi connectivity index (χ2v) is 5.35. The number of ether oxygens (including phenoxy) is 1. The normalized spacial score (nSPS) is 38.6. The molecular weight excluding hydrogens is 226 g/mol. The van der Waals surface area contributed by atoms with E-state index in [1.807, 2.05) is 20.8 Å². The quantitative estimate of drug-likeness (QED) is 0.365. The zero-order valence-electron chi connectivity index (χ0n) is 10.2. The molecule has 98 valence electrons. The summed E-state index contributed by atoms with van der Waals surface area (Å²) in [5.41, 5.74) is 7.84. The van der Waals surface area contributed by atoms with Crippen LogP contribution in [0.3, 0.4) is 0 Å². The number of azide groups is 1. The van der Waals surface area contributed by atoms with Crippen LogP contribution in [0, 0.1) is 5.41 Å². The molecule has 0 spiro atoms. The van der Waals surface area contributed by atoms with E-state index in [0.29, 0.717) is 0 Å². The van der Waals surface area contributed by atoms with E-state index < -0.39 is 35.9 Å². The molecule has 1 fully saturated rings. The second kappa shape index (κ2) is 5.20. The third-order valence-electron chi connectivity index (χ3n) is 2.89. The van der Waals surface area contributed by atoms with Gasteiger partial charge >= 0.3 is 0 Å². The van der Waals surface area contributed by atoms with Crippen molar-refractivity contribution in [1.29, 1.82) is 0 Å². The Morgan fingerprint density at radius 3 is 2.24 bits per heavy atom. The van der Waals surface area contributed by atoms with Crippen molar-refractivity contribution in [3.05, 3.63) is 10.4 Å². The van der Waals surface area contributed by atoms with Gasteiger partial charge in [0.1, 0.15) is 18.3 Å². The van der Waals surface area contributed by atoms with E-state index in [9.17, 15) is 15.3 Å². The Bertz CT molecular complexity index is 311. The highest BCUT2D eigenvalue weighted by molar-refractivity contribution is 4.96. The number of hydrogen-bond donors (Lipinski definition) is 3. The van der Waals surface area contributed by atoms with Crippen molar-refractivity contribution in [1.82, 2.24) is 0 Å². The van der Waals surface area contributed by atoms with Gasteiger partial charge in [-0.1, -0.05) is 25.9 Å². The Morgan fingerprint density at radius 2 is 1.76 bits per heavy atom. The molecule has 7 heteroatoms. The SMILES string of the molecule is CC(C)(C)C1OC(CN=[N+]=[N-])[C@H](O)[C@H](O)C1O. The lowest BCUT2D eigenvalue weighted by atomic mass is 9.80. The van der Waals surface area contributed by atoms with E-state index in [1.165, 1.54) is 0 Å². The van der Waals surface area contributed by atoms with Gasteiger partial charge in [0, 0.05) is 4.91 Å². The molecule has 0 aliphatic carbocycles. The van der Waals surface area contributed by atoms with E-state index in [0.717, 1.165) is 0 Å². The van der Waals surface area contributed by atoms with Gasteiger partial charge in [-0.2, -0.15) is 0 Å². The maximum absolute atomic E-state index is 9.85. The minimum atomic E-state index is -1.30. The first-order valence-electron chi connectivity index (χ1n) is 5.49. The van der Waals surface area contributed by atoms with Gasteiger partial charge in [-0.25, -0.2) is 0 Å². The Balaban J connectivity index is 2.86. The fraction of sp³-hybridized carbons (Fsp3) is 1.00. The Kier molecular flexibility index (Phi) is 4.35. The van der Waals surface area contributed by atoms with Crippen molar-refractivity contribution in [2.24, 2.45) is 10.5 Å². The molecule has 5 atom stereocenters. The van der Waals surface area contributed by atoms with E-state index >= 15 is 0 Å². The lowest BCUT2D eigenvalue weighted by molar-refractivity contribution is -0.241. The van der Waals surface area contributed by atoms with Gasteiger partial charge in [-0.15, -0.1) is 0 Å². The first-order valence-corrected chi connectivity index (χ1v) is 5.49. The molecule has 0 aromatic carbocycles. The van der Waals surface area contributed by atoms with Crippen LogP contribution in [-0.4, -0.2) is 52.4 Å². The molecule has 0 bridgehead atoms. The van der Waals surface area contributed by atoms with Crippen LogP contribution in [0.2, 0.25) is 0 Å². The van der Waals surface area contributed by atoms with Gasteiger partial charge in [-0.3, -0.25) is 0 Å². The highest BCUT2D eigenvalue weighted by Gasteiger charge is 2.47. The maximum Gasteiger partial charge on any atom is 0.111 e. The average molecular weight is 245 g/mol. The third-order valence-corrected chi connectivity index (χ3v) is 2.89. The summed E-state index contributed by atoms with van der Waals surface area (Å²) in [7, 11) is 0. The van der Waals surface area contributed by atoms with Crippen LogP contribution in [-0.2, 0) is 4.74 Å². The molecular formula is C10H19N3O4. The molecule has 1 aliphatic rings. The molecule has 3 unspecified atom stereocenters. The van der Waals surface area contributed by atoms with Gasteiger partial charge in [0.15, 0.2) is 0 Å². The molecule has 17 heavy (non-hydrogen) atoms. The molecule has 0 amide bonds. The van der Waals surface area contributed by atoms with Crippen LogP contribution in [0.25, 0.3) is 10.4 Å². The van der Waals surface area contributed by atoms with Crippen molar-refractivity contribution in [2.75, 3.05) is 6.54 Å². The summed E-state index contributed by atoms with van der Waals surface area (Å²) in [4.78, 5) is 2.59. The highest BCUT2D eigenvalue weighted by atomic mass is 16.5. The summed E-state index contributed by atoms with van der Waals surface area (Å²) in [6, 6.07) is 0. The molecule has 0 aromatic heterocycles. The number of rotatable bonds is 2. The zero-order chi connectivity index (χ0) is 13.2. The smallest absolute Gasteiger partial charge is 0.111 e. The number of aliphatic hydroxyl groups is 3. The molecule has 1 rings (SSSR count). The zero-order valence-corrected chi connectivity index (χ0v) is 10.2. The number of aliphatic hydroxyl groups excluding tert-OH is 3. The summed E-state index contributed by atoms with van der Waals surface area (Å²) < 4.78 is 5.52. The summed E-state index contributed by atoms with van der Waals surface area (Å²) in [5, 5.41) is 32.6. The van der Waals surface area contributed by atoms with Gasteiger partial charge < -0.3 is 20.1 Å². The largest absolute Gasteiger partial charge is 0.388 e. The fourth-order valence-electron chi connectivity index (χ4n) is 1.93. The van der Waals surface area contributed by atoms with Gasteiger partial charge in [0.25, 0.3) is 0 Å². The predicted molar refractivity (Wildman–Crippen MR) is 60.1 cm³/mol. The van der Waals surface area contributed by atoms with Crippen LogP contribution >= 0.6 is 0 Å². The summed E-state index contributed by atoms with van der Waals surface area (Å²) in [6.07, 6.45) is -5.14. The van der Waals surface area contributed by atoms with Crippen LogP contribution in [0.15, 0.2) is 5.11 Å². The molecule has 0 radical (unpaired) electrons. The summed E-state index contributed by atoms with van der Waals surface area (Å²) in [6.45, 7) is 5.50. The van der Waals surface area contributed by atoms with Gasteiger partial charge in [0.05, 0.1) is 18.8 Å². The molecule has 0 aromatic rings. The van der Waals surface area contributed by atoms with Crippen molar-refractivity contribution >= 4 is 0 Å². The first-order chi connectivity index (χ1) is 7.79. The predicted octanol–water partition coefficient (Wildman–Crippen LogP) is 0.193. The monoisotopic (exact) mass is 245 g/mol. The maximum atomic E-state index is 9.85. The third kappa shape index (κ3) is 3.08. The Labute approximate surface area is 99.6 Å². The molecule has 7 nitrogen and oxygen atoms in total. The standard InChI is InChI=1S/C10H19N3O4/c1-10(2,3)9-8(16)7(15)6(14)5(17-9)4-12-13-11/h5-9,14-16H,4H2,1-3H3/t5?,6-,7-,8?,9?/m0/s1. The Hall–Kier alpha value is -0.850. The number of nitrogens with zero attached hydrogens (tertiary/aromatic N) is 3. The number of hydrogen-bond acceptors (Lipinski definition) is 5. The molecule has 3 N–H and O–H groups in total. The lowest BCUT2D eigenvalue weighted by Crippen LogP contribution is -2.61. The lowest BCUT2D eigenvalue weighted by Gasteiger charge is -2.45.